The summed E-state index contributed by atoms with van der Waals surface area (Å²) in [7, 11) is 0. The van der Waals surface area contributed by atoms with Crippen molar-refractivity contribution in [2.45, 2.75) is 25.8 Å². The maximum absolute atomic E-state index is 12.7. The van der Waals surface area contributed by atoms with E-state index in [1.54, 1.807) is 0 Å². The van der Waals surface area contributed by atoms with Crippen LogP contribution < -0.4 is 4.90 Å². The molecule has 2 aromatic rings. The second kappa shape index (κ2) is 8.53. The molecule has 4 rings (SSSR count). The Morgan fingerprint density at radius 3 is 2.39 bits per heavy atom. The Morgan fingerprint density at radius 2 is 1.68 bits per heavy atom. The molecule has 4 nitrogen and oxygen atoms in total. The van der Waals surface area contributed by atoms with Crippen LogP contribution in [0.3, 0.4) is 0 Å². The quantitative estimate of drug-likeness (QED) is 0.555. The minimum atomic E-state index is -0.231. The van der Waals surface area contributed by atoms with Crippen LogP contribution in [0.15, 0.2) is 57.9 Å². The average Bonchev–Trinajstić information content (AvgIpc) is 2.98. The molecule has 2 amide bonds. The highest BCUT2D eigenvalue weighted by molar-refractivity contribution is 9.10. The zero-order valence-corrected chi connectivity index (χ0v) is 17.8. The van der Waals surface area contributed by atoms with E-state index < -0.39 is 0 Å². The molecule has 0 radical (unpaired) electrons. The third-order valence-electron chi connectivity index (χ3n) is 5.07. The van der Waals surface area contributed by atoms with Crippen LogP contribution in [0.4, 0.5) is 10.5 Å². The third-order valence-corrected chi connectivity index (χ3v) is 6.75. The van der Waals surface area contributed by atoms with Crippen LogP contribution in [-0.2, 0) is 11.3 Å². The van der Waals surface area contributed by atoms with E-state index in [1.165, 1.54) is 29.8 Å². The van der Waals surface area contributed by atoms with E-state index in [-0.39, 0.29) is 17.7 Å². The molecule has 0 atom stereocenters. The van der Waals surface area contributed by atoms with Gasteiger partial charge in [0.15, 0.2) is 0 Å². The Labute approximate surface area is 177 Å². The summed E-state index contributed by atoms with van der Waals surface area (Å²) in [6.45, 7) is 2.48. The maximum Gasteiger partial charge on any atom is 0.293 e. The normalized spacial score (nSPS) is 19.0. The summed E-state index contributed by atoms with van der Waals surface area (Å²) in [5.74, 6) is -0.231. The number of carbonyl (C=O) groups excluding carboxylic acids is 2. The second-order valence-electron chi connectivity index (χ2n) is 7.00. The minimum absolute atomic E-state index is 0.225. The molecule has 2 saturated heterocycles. The number of benzene rings is 2. The molecule has 2 aliphatic heterocycles. The van der Waals surface area contributed by atoms with Crippen LogP contribution in [0.5, 0.6) is 0 Å². The van der Waals surface area contributed by atoms with Gasteiger partial charge < -0.3 is 4.90 Å². The van der Waals surface area contributed by atoms with E-state index in [2.05, 4.69) is 33.0 Å². The van der Waals surface area contributed by atoms with Gasteiger partial charge in [0, 0.05) is 23.2 Å². The Hall–Kier alpha value is -2.05. The zero-order chi connectivity index (χ0) is 19.5. The number of anilines is 1. The molecular weight excluding hydrogens is 436 g/mol. The van der Waals surface area contributed by atoms with Crippen molar-refractivity contribution in [1.29, 1.82) is 0 Å². The molecule has 2 fully saturated rings. The molecule has 0 N–H and O–H groups in total. The van der Waals surface area contributed by atoms with Gasteiger partial charge in [-0.2, -0.15) is 0 Å². The molecule has 0 unspecified atom stereocenters. The van der Waals surface area contributed by atoms with Crippen LogP contribution in [0.1, 0.15) is 30.4 Å². The predicted molar refractivity (Wildman–Crippen MR) is 118 cm³/mol. The maximum atomic E-state index is 12.7. The molecule has 0 saturated carbocycles. The molecule has 2 heterocycles. The summed E-state index contributed by atoms with van der Waals surface area (Å²) >= 11 is 4.48. The van der Waals surface area contributed by atoms with Crippen LogP contribution in [0, 0.1) is 0 Å². The Bertz CT molecular complexity index is 920. The number of amides is 2. The van der Waals surface area contributed by atoms with Crippen LogP contribution >= 0.6 is 27.7 Å². The SMILES string of the molecule is O=C1S/C(=C\c2ccc(N3CCCCC3)cc2)C(=O)N1Cc1ccccc1Br. The first-order chi connectivity index (χ1) is 13.6. The molecule has 0 aliphatic carbocycles. The van der Waals surface area contributed by atoms with Gasteiger partial charge in [-0.3, -0.25) is 14.5 Å². The Kier molecular flexibility index (Phi) is 5.87. The highest BCUT2D eigenvalue weighted by Gasteiger charge is 2.35. The van der Waals surface area contributed by atoms with Gasteiger partial charge in [-0.15, -0.1) is 0 Å². The van der Waals surface area contributed by atoms with Gasteiger partial charge in [0.1, 0.15) is 0 Å². The average molecular weight is 457 g/mol. The number of halogens is 1. The lowest BCUT2D eigenvalue weighted by molar-refractivity contribution is -0.123. The summed E-state index contributed by atoms with van der Waals surface area (Å²) in [6, 6.07) is 15.9. The molecular formula is C22H21BrN2O2S. The van der Waals surface area contributed by atoms with E-state index in [4.69, 9.17) is 0 Å². The molecule has 28 heavy (non-hydrogen) atoms. The number of hydrogen-bond acceptors (Lipinski definition) is 4. The van der Waals surface area contributed by atoms with E-state index in [9.17, 15) is 9.59 Å². The van der Waals surface area contributed by atoms with E-state index in [1.807, 2.05) is 42.5 Å². The van der Waals surface area contributed by atoms with Crippen molar-refractivity contribution in [2.75, 3.05) is 18.0 Å². The van der Waals surface area contributed by atoms with Crippen molar-refractivity contribution in [1.82, 2.24) is 4.90 Å². The number of imide groups is 1. The van der Waals surface area contributed by atoms with Gasteiger partial charge in [0.05, 0.1) is 11.4 Å². The number of thioether (sulfide) groups is 1. The third kappa shape index (κ3) is 4.18. The Balaban J connectivity index is 1.48. The van der Waals surface area contributed by atoms with Crippen molar-refractivity contribution >= 4 is 50.6 Å². The first-order valence-electron chi connectivity index (χ1n) is 9.45. The lowest BCUT2D eigenvalue weighted by atomic mass is 10.1. The summed E-state index contributed by atoms with van der Waals surface area (Å²) in [6.07, 6.45) is 5.61. The second-order valence-corrected chi connectivity index (χ2v) is 8.85. The van der Waals surface area contributed by atoms with Gasteiger partial charge in [-0.25, -0.2) is 0 Å². The lowest BCUT2D eigenvalue weighted by Crippen LogP contribution is -2.29. The summed E-state index contributed by atoms with van der Waals surface area (Å²) in [4.78, 5) is 29.3. The fourth-order valence-corrected chi connectivity index (χ4v) is 4.77. The Morgan fingerprint density at radius 1 is 0.964 bits per heavy atom. The van der Waals surface area contributed by atoms with Crippen LogP contribution in [0.2, 0.25) is 0 Å². The van der Waals surface area contributed by atoms with Crippen molar-refractivity contribution in [3.05, 3.63) is 69.0 Å². The number of piperidine rings is 1. The predicted octanol–water partition coefficient (Wildman–Crippen LogP) is 5.68. The standard InChI is InChI=1S/C22H21BrN2O2S/c23-19-7-3-2-6-17(19)15-25-21(26)20(28-22(25)27)14-16-8-10-18(11-9-16)24-12-4-1-5-13-24/h2-3,6-11,14H,1,4-5,12-13,15H2/b20-14-. The first-order valence-corrected chi connectivity index (χ1v) is 11.1. The van der Waals surface area contributed by atoms with Gasteiger partial charge in [-0.1, -0.05) is 46.3 Å². The van der Waals surface area contributed by atoms with E-state index in [0.29, 0.717) is 4.91 Å². The van der Waals surface area contributed by atoms with Crippen LogP contribution in [0.25, 0.3) is 6.08 Å². The first kappa shape index (κ1) is 19.3. The molecule has 6 heteroatoms. The summed E-state index contributed by atoms with van der Waals surface area (Å²) in [5, 5.41) is -0.225. The topological polar surface area (TPSA) is 40.6 Å². The molecule has 144 valence electrons. The van der Waals surface area contributed by atoms with Crippen molar-refractivity contribution < 1.29 is 9.59 Å². The van der Waals surface area contributed by atoms with Crippen LogP contribution in [-0.4, -0.2) is 29.1 Å². The highest BCUT2D eigenvalue weighted by atomic mass is 79.9. The largest absolute Gasteiger partial charge is 0.372 e. The minimum Gasteiger partial charge on any atom is -0.372 e. The summed E-state index contributed by atoms with van der Waals surface area (Å²) < 4.78 is 0.895. The molecule has 0 bridgehead atoms. The van der Waals surface area contributed by atoms with Gasteiger partial charge >= 0.3 is 0 Å². The molecule has 2 aliphatic rings. The molecule has 0 aromatic heterocycles. The van der Waals surface area contributed by atoms with Crippen molar-refractivity contribution in [3.8, 4) is 0 Å². The van der Waals surface area contributed by atoms with Gasteiger partial charge in [0.2, 0.25) is 0 Å². The van der Waals surface area contributed by atoms with Gasteiger partial charge in [-0.05, 0) is 66.4 Å². The van der Waals surface area contributed by atoms with E-state index >= 15 is 0 Å². The van der Waals surface area contributed by atoms with Crippen molar-refractivity contribution in [2.24, 2.45) is 0 Å². The highest BCUT2D eigenvalue weighted by Crippen LogP contribution is 2.34. The molecule has 2 aromatic carbocycles. The number of rotatable bonds is 4. The molecule has 0 spiro atoms. The number of carbonyl (C=O) groups is 2. The van der Waals surface area contributed by atoms with E-state index in [0.717, 1.165) is 40.5 Å². The lowest BCUT2D eigenvalue weighted by Gasteiger charge is -2.28. The summed E-state index contributed by atoms with van der Waals surface area (Å²) in [5.41, 5.74) is 3.07. The smallest absolute Gasteiger partial charge is 0.293 e. The van der Waals surface area contributed by atoms with Crippen molar-refractivity contribution in [3.63, 3.8) is 0 Å². The fraction of sp³-hybridized carbons (Fsp3) is 0.273. The monoisotopic (exact) mass is 456 g/mol. The fourth-order valence-electron chi connectivity index (χ4n) is 3.52. The van der Waals surface area contributed by atoms with Gasteiger partial charge in [0.25, 0.3) is 11.1 Å². The number of hydrogen-bond donors (Lipinski definition) is 0. The number of nitrogens with zero attached hydrogens (tertiary/aromatic N) is 2. The zero-order valence-electron chi connectivity index (χ0n) is 15.4.